The summed E-state index contributed by atoms with van der Waals surface area (Å²) >= 11 is 0. The molecule has 2 rings (SSSR count). The lowest BCUT2D eigenvalue weighted by Gasteiger charge is -2.04. The van der Waals surface area contributed by atoms with Gasteiger partial charge in [0.2, 0.25) is 0 Å². The van der Waals surface area contributed by atoms with Crippen LogP contribution >= 0.6 is 0 Å². The first-order valence-corrected chi connectivity index (χ1v) is 5.67. The summed E-state index contributed by atoms with van der Waals surface area (Å²) in [6.07, 6.45) is 4.57. The molecule has 0 aliphatic heterocycles. The van der Waals surface area contributed by atoms with Crippen molar-refractivity contribution in [2.24, 2.45) is 7.05 Å². The molecule has 0 amide bonds. The number of hydrogen-bond donors (Lipinski definition) is 1. The van der Waals surface area contributed by atoms with Crippen LogP contribution in [0.2, 0.25) is 0 Å². The molecule has 0 fully saturated rings. The minimum absolute atomic E-state index is 0.745. The van der Waals surface area contributed by atoms with Gasteiger partial charge in [-0.25, -0.2) is 0 Å². The fourth-order valence-corrected chi connectivity index (χ4v) is 1.52. The first-order valence-electron chi connectivity index (χ1n) is 5.67. The lowest BCUT2D eigenvalue weighted by Crippen LogP contribution is -2.19. The molecular weight excluding hydrogens is 218 g/mol. The molecule has 0 bridgehead atoms. The van der Waals surface area contributed by atoms with Gasteiger partial charge in [-0.3, -0.25) is 4.68 Å². The van der Waals surface area contributed by atoms with Gasteiger partial charge >= 0.3 is 0 Å². The van der Waals surface area contributed by atoms with Crippen LogP contribution < -0.4 is 5.32 Å². The average Bonchev–Trinajstić information content (AvgIpc) is 2.93. The second-order valence-electron chi connectivity index (χ2n) is 3.92. The molecule has 7 nitrogen and oxygen atoms in total. The zero-order valence-electron chi connectivity index (χ0n) is 10.2. The molecule has 0 saturated carbocycles. The lowest BCUT2D eigenvalue weighted by molar-refractivity contribution is 0.522. The molecule has 0 radical (unpaired) electrons. The molecule has 7 heteroatoms. The van der Waals surface area contributed by atoms with E-state index in [9.17, 15) is 0 Å². The molecule has 0 saturated heterocycles. The molecule has 0 spiro atoms. The van der Waals surface area contributed by atoms with Crippen molar-refractivity contribution in [2.75, 3.05) is 6.54 Å². The summed E-state index contributed by atoms with van der Waals surface area (Å²) in [5, 5.41) is 19.1. The Morgan fingerprint density at radius 2 is 2.24 bits per heavy atom. The summed E-state index contributed by atoms with van der Waals surface area (Å²) < 4.78 is 3.82. The number of nitrogens with zero attached hydrogens (tertiary/aromatic N) is 6. The highest BCUT2D eigenvalue weighted by Gasteiger charge is 2.03. The van der Waals surface area contributed by atoms with Crippen LogP contribution in [0.3, 0.4) is 0 Å². The molecule has 0 aromatic carbocycles. The van der Waals surface area contributed by atoms with E-state index in [0.717, 1.165) is 37.7 Å². The summed E-state index contributed by atoms with van der Waals surface area (Å²) in [4.78, 5) is 0. The number of nitrogens with one attached hydrogen (secondary N) is 1. The Hall–Kier alpha value is -1.76. The SMILES string of the molecule is Cc1nnc(CNCCCn2ccnn2)n1C. The van der Waals surface area contributed by atoms with Crippen molar-refractivity contribution in [2.45, 2.75) is 26.4 Å². The average molecular weight is 235 g/mol. The molecule has 92 valence electrons. The van der Waals surface area contributed by atoms with Crippen molar-refractivity contribution in [1.82, 2.24) is 35.1 Å². The molecule has 17 heavy (non-hydrogen) atoms. The Balaban J connectivity index is 1.65. The zero-order valence-corrected chi connectivity index (χ0v) is 10.2. The number of hydrogen-bond acceptors (Lipinski definition) is 5. The van der Waals surface area contributed by atoms with Gasteiger partial charge in [0, 0.05) is 19.8 Å². The maximum absolute atomic E-state index is 4.09. The minimum Gasteiger partial charge on any atom is -0.317 e. The van der Waals surface area contributed by atoms with Gasteiger partial charge in [-0.05, 0) is 19.9 Å². The van der Waals surface area contributed by atoms with Crippen molar-refractivity contribution in [1.29, 1.82) is 0 Å². The van der Waals surface area contributed by atoms with E-state index in [-0.39, 0.29) is 0 Å². The second-order valence-corrected chi connectivity index (χ2v) is 3.92. The zero-order chi connectivity index (χ0) is 12.1. The van der Waals surface area contributed by atoms with Crippen LogP contribution in [-0.2, 0) is 20.1 Å². The van der Waals surface area contributed by atoms with Gasteiger partial charge in [-0.15, -0.1) is 15.3 Å². The highest BCUT2D eigenvalue weighted by atomic mass is 15.4. The Kier molecular flexibility index (Phi) is 3.81. The summed E-state index contributed by atoms with van der Waals surface area (Å²) in [6, 6.07) is 0. The number of rotatable bonds is 6. The molecule has 0 aliphatic rings. The van der Waals surface area contributed by atoms with E-state index in [1.807, 2.05) is 29.4 Å². The van der Waals surface area contributed by atoms with Gasteiger partial charge < -0.3 is 9.88 Å². The Morgan fingerprint density at radius 1 is 1.35 bits per heavy atom. The molecule has 2 aromatic rings. The van der Waals surface area contributed by atoms with E-state index in [1.165, 1.54) is 0 Å². The van der Waals surface area contributed by atoms with E-state index >= 15 is 0 Å². The van der Waals surface area contributed by atoms with Crippen molar-refractivity contribution < 1.29 is 0 Å². The lowest BCUT2D eigenvalue weighted by atomic mass is 10.4. The van der Waals surface area contributed by atoms with E-state index in [0.29, 0.717) is 0 Å². The normalized spacial score (nSPS) is 10.9. The maximum Gasteiger partial charge on any atom is 0.146 e. The largest absolute Gasteiger partial charge is 0.317 e. The van der Waals surface area contributed by atoms with E-state index in [1.54, 1.807) is 6.20 Å². The molecule has 0 unspecified atom stereocenters. The molecule has 0 aliphatic carbocycles. The van der Waals surface area contributed by atoms with Gasteiger partial charge in [0.05, 0.1) is 12.7 Å². The first-order chi connectivity index (χ1) is 8.27. The van der Waals surface area contributed by atoms with Crippen LogP contribution in [0.1, 0.15) is 18.1 Å². The topological polar surface area (TPSA) is 73.5 Å². The van der Waals surface area contributed by atoms with E-state index < -0.39 is 0 Å². The summed E-state index contributed by atoms with van der Waals surface area (Å²) in [5.74, 6) is 1.90. The van der Waals surface area contributed by atoms with Crippen LogP contribution in [0.5, 0.6) is 0 Å². The van der Waals surface area contributed by atoms with E-state index in [2.05, 4.69) is 25.8 Å². The van der Waals surface area contributed by atoms with Gasteiger partial charge in [-0.2, -0.15) is 0 Å². The minimum atomic E-state index is 0.745. The fraction of sp³-hybridized carbons (Fsp3) is 0.600. The predicted molar refractivity (Wildman–Crippen MR) is 62.1 cm³/mol. The summed E-state index contributed by atoms with van der Waals surface area (Å²) in [7, 11) is 1.97. The van der Waals surface area contributed by atoms with Crippen molar-refractivity contribution >= 4 is 0 Å². The monoisotopic (exact) mass is 235 g/mol. The van der Waals surface area contributed by atoms with Crippen LogP contribution in [0, 0.1) is 6.92 Å². The third kappa shape index (κ3) is 3.10. The fourth-order valence-electron chi connectivity index (χ4n) is 1.52. The highest BCUT2D eigenvalue weighted by Crippen LogP contribution is 1.96. The Morgan fingerprint density at radius 3 is 2.88 bits per heavy atom. The first kappa shape index (κ1) is 11.7. The van der Waals surface area contributed by atoms with Crippen LogP contribution in [0.15, 0.2) is 12.4 Å². The Bertz CT molecular complexity index is 445. The standard InChI is InChI=1S/C10H17N7/c1-9-13-14-10(16(9)2)8-11-4-3-6-17-7-5-12-15-17/h5,7,11H,3-4,6,8H2,1-2H3. The maximum atomic E-state index is 4.09. The highest BCUT2D eigenvalue weighted by molar-refractivity contribution is 4.91. The van der Waals surface area contributed by atoms with Crippen molar-refractivity contribution in [3.63, 3.8) is 0 Å². The predicted octanol–water partition coefficient (Wildman–Crippen LogP) is -0.105. The van der Waals surface area contributed by atoms with Crippen LogP contribution in [0.4, 0.5) is 0 Å². The molecule has 2 heterocycles. The third-order valence-electron chi connectivity index (χ3n) is 2.68. The van der Waals surface area contributed by atoms with Crippen molar-refractivity contribution in [3.05, 3.63) is 24.0 Å². The number of aromatic nitrogens is 6. The van der Waals surface area contributed by atoms with Gasteiger partial charge in [0.1, 0.15) is 11.6 Å². The smallest absolute Gasteiger partial charge is 0.146 e. The van der Waals surface area contributed by atoms with E-state index in [4.69, 9.17) is 0 Å². The molecule has 2 aromatic heterocycles. The molecule has 1 N–H and O–H groups in total. The third-order valence-corrected chi connectivity index (χ3v) is 2.68. The summed E-state index contributed by atoms with van der Waals surface area (Å²) in [5.41, 5.74) is 0. The number of aryl methyl sites for hydroxylation is 2. The second kappa shape index (κ2) is 5.53. The van der Waals surface area contributed by atoms with Gasteiger partial charge in [0.25, 0.3) is 0 Å². The molecular formula is C10H17N7. The Labute approximate surface area is 99.9 Å². The van der Waals surface area contributed by atoms with Crippen LogP contribution in [-0.4, -0.2) is 36.3 Å². The van der Waals surface area contributed by atoms with Gasteiger partial charge in [-0.1, -0.05) is 5.21 Å². The van der Waals surface area contributed by atoms with Crippen LogP contribution in [0.25, 0.3) is 0 Å². The molecule has 0 atom stereocenters. The van der Waals surface area contributed by atoms with Gasteiger partial charge in [0.15, 0.2) is 0 Å². The summed E-state index contributed by atoms with van der Waals surface area (Å²) in [6.45, 7) is 4.49. The van der Waals surface area contributed by atoms with Crippen molar-refractivity contribution in [3.8, 4) is 0 Å². The quantitative estimate of drug-likeness (QED) is 0.707.